The zero-order valence-corrected chi connectivity index (χ0v) is 9.30. The molecular formula is C11H11ClO3. The Morgan fingerprint density at radius 2 is 2.07 bits per heavy atom. The molecule has 0 fully saturated rings. The van der Waals surface area contributed by atoms with Crippen molar-refractivity contribution in [1.29, 1.82) is 0 Å². The Balaban J connectivity index is 2.96. The molecule has 0 heterocycles. The standard InChI is InChI=1S/C11H11ClO3/c1-7-4-3-5-8(12)11(7)9(13)6-10(14)15-2/h3-5H,6H2,1-2H3. The highest BCUT2D eigenvalue weighted by atomic mass is 35.5. The van der Waals surface area contributed by atoms with Crippen molar-refractivity contribution >= 4 is 23.4 Å². The minimum Gasteiger partial charge on any atom is -0.469 e. The summed E-state index contributed by atoms with van der Waals surface area (Å²) in [5.74, 6) is -0.871. The molecule has 0 spiro atoms. The maximum absolute atomic E-state index is 11.7. The number of rotatable bonds is 3. The van der Waals surface area contributed by atoms with E-state index in [1.807, 2.05) is 0 Å². The maximum atomic E-state index is 11.7. The van der Waals surface area contributed by atoms with Gasteiger partial charge in [0.15, 0.2) is 5.78 Å². The number of halogens is 1. The van der Waals surface area contributed by atoms with Gasteiger partial charge in [-0.05, 0) is 18.6 Å². The van der Waals surface area contributed by atoms with Crippen molar-refractivity contribution in [3.05, 3.63) is 34.3 Å². The molecule has 0 amide bonds. The van der Waals surface area contributed by atoms with Crippen LogP contribution < -0.4 is 0 Å². The summed E-state index contributed by atoms with van der Waals surface area (Å²) in [5, 5.41) is 0.365. The summed E-state index contributed by atoms with van der Waals surface area (Å²) in [6.45, 7) is 1.77. The van der Waals surface area contributed by atoms with Gasteiger partial charge in [0, 0.05) is 5.56 Å². The van der Waals surface area contributed by atoms with Gasteiger partial charge in [-0.25, -0.2) is 0 Å². The van der Waals surface area contributed by atoms with Crippen molar-refractivity contribution in [2.45, 2.75) is 13.3 Å². The molecular weight excluding hydrogens is 216 g/mol. The van der Waals surface area contributed by atoms with Crippen molar-refractivity contribution in [1.82, 2.24) is 0 Å². The molecule has 0 aliphatic rings. The predicted molar refractivity (Wildman–Crippen MR) is 57.2 cm³/mol. The highest BCUT2D eigenvalue weighted by Crippen LogP contribution is 2.21. The average molecular weight is 227 g/mol. The molecule has 3 nitrogen and oxygen atoms in total. The lowest BCUT2D eigenvalue weighted by Crippen LogP contribution is -2.11. The first-order valence-corrected chi connectivity index (χ1v) is 4.79. The quantitative estimate of drug-likeness (QED) is 0.452. The number of carbonyl (C=O) groups excluding carboxylic acids is 2. The van der Waals surface area contributed by atoms with E-state index in [9.17, 15) is 9.59 Å². The van der Waals surface area contributed by atoms with E-state index in [4.69, 9.17) is 11.6 Å². The third kappa shape index (κ3) is 2.80. The fourth-order valence-electron chi connectivity index (χ4n) is 1.28. The lowest BCUT2D eigenvalue weighted by molar-refractivity contribution is -0.139. The molecule has 0 bridgehead atoms. The average Bonchev–Trinajstić information content (AvgIpc) is 2.17. The van der Waals surface area contributed by atoms with Gasteiger partial charge in [-0.1, -0.05) is 23.7 Å². The second-order valence-corrected chi connectivity index (χ2v) is 3.52. The van der Waals surface area contributed by atoms with E-state index in [0.717, 1.165) is 5.56 Å². The minimum absolute atomic E-state index is 0.277. The van der Waals surface area contributed by atoms with Gasteiger partial charge >= 0.3 is 5.97 Å². The molecule has 15 heavy (non-hydrogen) atoms. The van der Waals surface area contributed by atoms with Crippen molar-refractivity contribution < 1.29 is 14.3 Å². The normalized spacial score (nSPS) is 9.80. The summed E-state index contributed by atoms with van der Waals surface area (Å²) in [4.78, 5) is 22.6. The molecule has 1 aromatic rings. The van der Waals surface area contributed by atoms with Crippen molar-refractivity contribution in [2.75, 3.05) is 7.11 Å². The van der Waals surface area contributed by atoms with Gasteiger partial charge in [0.25, 0.3) is 0 Å². The highest BCUT2D eigenvalue weighted by molar-refractivity contribution is 6.34. The number of aryl methyl sites for hydroxylation is 1. The van der Waals surface area contributed by atoms with Crippen LogP contribution in [0.5, 0.6) is 0 Å². The lowest BCUT2D eigenvalue weighted by Gasteiger charge is -2.05. The second-order valence-electron chi connectivity index (χ2n) is 3.11. The number of methoxy groups -OCH3 is 1. The monoisotopic (exact) mass is 226 g/mol. The zero-order chi connectivity index (χ0) is 11.4. The van der Waals surface area contributed by atoms with Gasteiger partial charge in [-0.15, -0.1) is 0 Å². The molecule has 4 heteroatoms. The van der Waals surface area contributed by atoms with E-state index >= 15 is 0 Å². The summed E-state index contributed by atoms with van der Waals surface area (Å²) in [6, 6.07) is 5.15. The van der Waals surface area contributed by atoms with Crippen LogP contribution in [0.15, 0.2) is 18.2 Å². The number of benzene rings is 1. The topological polar surface area (TPSA) is 43.4 Å². The van der Waals surface area contributed by atoms with Crippen LogP contribution in [0.25, 0.3) is 0 Å². The van der Waals surface area contributed by atoms with Crippen LogP contribution in [0.1, 0.15) is 22.3 Å². The molecule has 0 aliphatic carbocycles. The molecule has 0 saturated carbocycles. The van der Waals surface area contributed by atoms with Crippen LogP contribution in [0, 0.1) is 6.92 Å². The van der Waals surface area contributed by atoms with Crippen molar-refractivity contribution in [2.24, 2.45) is 0 Å². The van der Waals surface area contributed by atoms with Gasteiger partial charge in [0.1, 0.15) is 6.42 Å². The smallest absolute Gasteiger partial charge is 0.313 e. The number of Topliss-reactive ketones (excluding diaryl/α,β-unsaturated/α-hetero) is 1. The molecule has 80 valence electrons. The predicted octanol–water partition coefficient (Wildman–Crippen LogP) is 2.39. The van der Waals surface area contributed by atoms with Crippen LogP contribution in [0.4, 0.5) is 0 Å². The van der Waals surface area contributed by atoms with Crippen LogP contribution >= 0.6 is 11.6 Å². The largest absolute Gasteiger partial charge is 0.469 e. The van der Waals surface area contributed by atoms with Gasteiger partial charge in [-0.3, -0.25) is 9.59 Å². The minimum atomic E-state index is -0.556. The molecule has 1 aromatic carbocycles. The number of esters is 1. The Kier molecular flexibility index (Phi) is 3.86. The van der Waals surface area contributed by atoms with Gasteiger partial charge in [-0.2, -0.15) is 0 Å². The number of ether oxygens (including phenoxy) is 1. The molecule has 0 N–H and O–H groups in total. The number of hydrogen-bond acceptors (Lipinski definition) is 3. The Morgan fingerprint density at radius 1 is 1.40 bits per heavy atom. The molecule has 0 radical (unpaired) electrons. The van der Waals surface area contributed by atoms with Crippen molar-refractivity contribution in [3.8, 4) is 0 Å². The first-order chi connectivity index (χ1) is 7.06. The van der Waals surface area contributed by atoms with Gasteiger partial charge in [0.2, 0.25) is 0 Å². The first-order valence-electron chi connectivity index (χ1n) is 4.41. The Labute approximate surface area is 93.0 Å². The van der Waals surface area contributed by atoms with E-state index in [1.54, 1.807) is 25.1 Å². The molecule has 0 atom stereocenters. The fourth-order valence-corrected chi connectivity index (χ4v) is 1.60. The van der Waals surface area contributed by atoms with Crippen LogP contribution in [0.2, 0.25) is 5.02 Å². The maximum Gasteiger partial charge on any atom is 0.313 e. The summed E-state index contributed by atoms with van der Waals surface area (Å²) >= 11 is 5.88. The van der Waals surface area contributed by atoms with Gasteiger partial charge in [0.05, 0.1) is 12.1 Å². The molecule has 0 aromatic heterocycles. The summed E-state index contributed by atoms with van der Waals surface area (Å²) in [7, 11) is 1.25. The number of hydrogen-bond donors (Lipinski definition) is 0. The van der Waals surface area contributed by atoms with E-state index in [0.29, 0.717) is 10.6 Å². The van der Waals surface area contributed by atoms with E-state index in [2.05, 4.69) is 4.74 Å². The van der Waals surface area contributed by atoms with Crippen LogP contribution in [-0.2, 0) is 9.53 Å². The Hall–Kier alpha value is -1.35. The SMILES string of the molecule is COC(=O)CC(=O)c1c(C)cccc1Cl. The van der Waals surface area contributed by atoms with Crippen molar-refractivity contribution in [3.63, 3.8) is 0 Å². The lowest BCUT2D eigenvalue weighted by atomic mass is 10.0. The second kappa shape index (κ2) is 4.94. The first kappa shape index (κ1) is 11.7. The molecule has 0 unspecified atom stereocenters. The van der Waals surface area contributed by atoms with Crippen LogP contribution in [-0.4, -0.2) is 18.9 Å². The van der Waals surface area contributed by atoms with Crippen LogP contribution in [0.3, 0.4) is 0 Å². The van der Waals surface area contributed by atoms with Gasteiger partial charge < -0.3 is 4.74 Å². The Bertz CT molecular complexity index is 379. The summed E-state index contributed by atoms with van der Waals surface area (Å²) in [5.41, 5.74) is 1.15. The third-order valence-electron chi connectivity index (χ3n) is 2.03. The molecule has 1 rings (SSSR count). The Morgan fingerprint density at radius 3 is 2.60 bits per heavy atom. The third-order valence-corrected chi connectivity index (χ3v) is 2.35. The molecule has 0 saturated heterocycles. The zero-order valence-electron chi connectivity index (χ0n) is 8.54. The van der Waals surface area contributed by atoms with E-state index in [-0.39, 0.29) is 12.2 Å². The highest BCUT2D eigenvalue weighted by Gasteiger charge is 2.16. The summed E-state index contributed by atoms with van der Waals surface area (Å²) in [6.07, 6.45) is -0.277. The van der Waals surface area contributed by atoms with E-state index < -0.39 is 5.97 Å². The molecule has 0 aliphatic heterocycles. The van der Waals surface area contributed by atoms with E-state index in [1.165, 1.54) is 7.11 Å². The fraction of sp³-hybridized carbons (Fsp3) is 0.273. The summed E-state index contributed by atoms with van der Waals surface area (Å²) < 4.78 is 4.42. The number of carbonyl (C=O) groups is 2. The number of ketones is 1.